The fraction of sp³-hybridized carbons (Fsp3) is 0.909. The number of hydrogen-bond acceptors (Lipinski definition) is 11. The minimum Gasteiger partial charge on any atom is -0.394 e. The van der Waals surface area contributed by atoms with Crippen molar-refractivity contribution < 1.29 is 54.1 Å². The van der Waals surface area contributed by atoms with E-state index in [2.05, 4.69) is 10.6 Å². The van der Waals surface area contributed by atoms with Crippen molar-refractivity contribution in [1.29, 1.82) is 0 Å². The Labute approximate surface area is 203 Å². The van der Waals surface area contributed by atoms with Gasteiger partial charge in [0, 0.05) is 13.8 Å². The fourth-order valence-corrected chi connectivity index (χ4v) is 4.87. The van der Waals surface area contributed by atoms with Crippen molar-refractivity contribution in [2.75, 3.05) is 13.2 Å². The van der Waals surface area contributed by atoms with Gasteiger partial charge >= 0.3 is 0 Å². The van der Waals surface area contributed by atoms with Gasteiger partial charge in [0.2, 0.25) is 11.8 Å². The largest absolute Gasteiger partial charge is 0.394 e. The number of carbonyl (C=O) groups excluding carboxylic acids is 2. The fourth-order valence-electron chi connectivity index (χ4n) is 4.87. The van der Waals surface area contributed by atoms with Crippen LogP contribution in [-0.4, -0.2) is 118 Å². The summed E-state index contributed by atoms with van der Waals surface area (Å²) in [7, 11) is 0. The summed E-state index contributed by atoms with van der Waals surface area (Å²) in [5.41, 5.74) is 0. The normalized spacial score (nSPS) is 40.8. The first-order chi connectivity index (χ1) is 16.7. The van der Waals surface area contributed by atoms with Crippen molar-refractivity contribution in [1.82, 2.24) is 10.6 Å². The van der Waals surface area contributed by atoms with Crippen LogP contribution in [0, 0.1) is 0 Å². The van der Waals surface area contributed by atoms with E-state index in [1.165, 1.54) is 13.8 Å². The molecule has 3 fully saturated rings. The zero-order chi connectivity index (χ0) is 25.7. The average Bonchev–Trinajstić information content (AvgIpc) is 2.82. The van der Waals surface area contributed by atoms with E-state index in [0.717, 1.165) is 32.1 Å². The molecule has 1 saturated carbocycles. The Kier molecular flexibility index (Phi) is 10.2. The first kappa shape index (κ1) is 28.2. The molecule has 202 valence electrons. The van der Waals surface area contributed by atoms with Crippen LogP contribution in [0.1, 0.15) is 46.0 Å². The lowest BCUT2D eigenvalue weighted by Gasteiger charge is -2.48. The second kappa shape index (κ2) is 12.7. The van der Waals surface area contributed by atoms with E-state index in [-0.39, 0.29) is 6.10 Å². The molecule has 3 rings (SSSR count). The van der Waals surface area contributed by atoms with Crippen molar-refractivity contribution in [2.24, 2.45) is 0 Å². The summed E-state index contributed by atoms with van der Waals surface area (Å²) in [5.74, 6) is -0.989. The highest BCUT2D eigenvalue weighted by Gasteiger charge is 2.52. The summed E-state index contributed by atoms with van der Waals surface area (Å²) in [6.07, 6.45) is -6.04. The van der Waals surface area contributed by atoms with Crippen molar-refractivity contribution in [3.8, 4) is 0 Å². The maximum atomic E-state index is 11.9. The molecule has 3 aliphatic rings. The number of ether oxygens (including phenoxy) is 4. The number of rotatable bonds is 8. The van der Waals surface area contributed by atoms with E-state index >= 15 is 0 Å². The summed E-state index contributed by atoms with van der Waals surface area (Å²) in [6.45, 7) is 1.25. The average molecular weight is 507 g/mol. The molecule has 35 heavy (non-hydrogen) atoms. The maximum absolute atomic E-state index is 11.9. The Morgan fingerprint density at radius 3 is 1.83 bits per heavy atom. The van der Waals surface area contributed by atoms with Crippen molar-refractivity contribution >= 4 is 11.8 Å². The van der Waals surface area contributed by atoms with Gasteiger partial charge in [0.25, 0.3) is 0 Å². The molecule has 2 saturated heterocycles. The standard InChI is InChI=1S/C22H38N2O11/c1-10(27)23-15-18(30)17(29)13(8-25)33-22(15)35-20-14(9-26)34-21(16(19(20)31)24-11(2)28)32-12-6-4-3-5-7-12/h12-22,25-26,29-31H,3-9H2,1-2H3,(H,23,27)(H,24,28). The predicted molar refractivity (Wildman–Crippen MR) is 118 cm³/mol. The molecule has 2 amide bonds. The molecular formula is C22H38N2O11. The molecular weight excluding hydrogens is 468 g/mol. The third-order valence-corrected chi connectivity index (χ3v) is 6.64. The van der Waals surface area contributed by atoms with Crippen LogP contribution in [0.25, 0.3) is 0 Å². The monoisotopic (exact) mass is 506 g/mol. The van der Waals surface area contributed by atoms with E-state index in [1.54, 1.807) is 0 Å². The zero-order valence-electron chi connectivity index (χ0n) is 20.0. The van der Waals surface area contributed by atoms with Gasteiger partial charge in [-0.15, -0.1) is 0 Å². The van der Waals surface area contributed by atoms with Gasteiger partial charge in [-0.1, -0.05) is 19.3 Å². The summed E-state index contributed by atoms with van der Waals surface area (Å²) in [6, 6.07) is -2.30. The van der Waals surface area contributed by atoms with Gasteiger partial charge in [0.15, 0.2) is 12.6 Å². The van der Waals surface area contributed by atoms with Gasteiger partial charge in [-0.05, 0) is 12.8 Å². The Hall–Kier alpha value is -1.42. The number of carbonyl (C=O) groups is 2. The first-order valence-corrected chi connectivity index (χ1v) is 12.1. The number of aliphatic hydroxyl groups is 5. The number of aliphatic hydroxyl groups excluding tert-OH is 5. The minimum absolute atomic E-state index is 0.123. The van der Waals surface area contributed by atoms with Crippen LogP contribution in [0.15, 0.2) is 0 Å². The van der Waals surface area contributed by atoms with Gasteiger partial charge in [0.05, 0.1) is 19.3 Å². The second-order valence-electron chi connectivity index (χ2n) is 9.37. The van der Waals surface area contributed by atoms with E-state index in [9.17, 15) is 35.1 Å². The van der Waals surface area contributed by atoms with Crippen LogP contribution in [0.2, 0.25) is 0 Å². The van der Waals surface area contributed by atoms with Crippen LogP contribution >= 0.6 is 0 Å². The molecule has 0 aromatic heterocycles. The molecule has 0 aromatic rings. The lowest BCUT2D eigenvalue weighted by molar-refractivity contribution is -0.336. The van der Waals surface area contributed by atoms with E-state index in [0.29, 0.717) is 0 Å². The smallest absolute Gasteiger partial charge is 0.217 e. The molecule has 7 N–H and O–H groups in total. The number of amides is 2. The van der Waals surface area contributed by atoms with Crippen molar-refractivity contribution in [3.63, 3.8) is 0 Å². The van der Waals surface area contributed by atoms with Crippen LogP contribution in [0.3, 0.4) is 0 Å². The van der Waals surface area contributed by atoms with Crippen LogP contribution < -0.4 is 10.6 Å². The molecule has 13 heteroatoms. The molecule has 0 spiro atoms. The molecule has 10 atom stereocenters. The Bertz CT molecular complexity index is 707. The van der Waals surface area contributed by atoms with E-state index in [4.69, 9.17) is 18.9 Å². The molecule has 2 heterocycles. The molecule has 0 aromatic carbocycles. The quantitative estimate of drug-likeness (QED) is 0.180. The molecule has 1 aliphatic carbocycles. The van der Waals surface area contributed by atoms with E-state index in [1.807, 2.05) is 0 Å². The minimum atomic E-state index is -1.56. The predicted octanol–water partition coefficient (Wildman–Crippen LogP) is -2.75. The highest BCUT2D eigenvalue weighted by molar-refractivity contribution is 5.73. The molecule has 2 aliphatic heterocycles. The highest BCUT2D eigenvalue weighted by Crippen LogP contribution is 2.31. The zero-order valence-corrected chi connectivity index (χ0v) is 20.0. The lowest BCUT2D eigenvalue weighted by atomic mass is 9.94. The summed E-state index contributed by atoms with van der Waals surface area (Å²) in [4.78, 5) is 23.6. The second-order valence-corrected chi connectivity index (χ2v) is 9.37. The van der Waals surface area contributed by atoms with Crippen LogP contribution in [0.4, 0.5) is 0 Å². The van der Waals surface area contributed by atoms with Gasteiger partial charge < -0.3 is 55.1 Å². The lowest BCUT2D eigenvalue weighted by Crippen LogP contribution is -2.69. The van der Waals surface area contributed by atoms with Gasteiger partial charge in [0.1, 0.15) is 48.7 Å². The number of hydrogen-bond donors (Lipinski definition) is 7. The van der Waals surface area contributed by atoms with Gasteiger partial charge in [-0.25, -0.2) is 0 Å². The Morgan fingerprint density at radius 1 is 0.771 bits per heavy atom. The molecule has 0 bridgehead atoms. The van der Waals surface area contributed by atoms with Crippen LogP contribution in [-0.2, 0) is 28.5 Å². The first-order valence-electron chi connectivity index (χ1n) is 12.1. The summed E-state index contributed by atoms with van der Waals surface area (Å²) >= 11 is 0. The third kappa shape index (κ3) is 6.87. The summed E-state index contributed by atoms with van der Waals surface area (Å²) < 4.78 is 23.5. The maximum Gasteiger partial charge on any atom is 0.217 e. The summed E-state index contributed by atoms with van der Waals surface area (Å²) in [5, 5.41) is 56.5. The van der Waals surface area contributed by atoms with Gasteiger partial charge in [-0.3, -0.25) is 9.59 Å². The third-order valence-electron chi connectivity index (χ3n) is 6.64. The SMILES string of the molecule is CC(=O)NC1C(OC2C(CO)OC(OC3CCCCC3)C(NC(C)=O)C2O)OC(CO)C(O)C1O. The Balaban J connectivity index is 1.81. The molecule has 13 nitrogen and oxygen atoms in total. The topological polar surface area (TPSA) is 196 Å². The van der Waals surface area contributed by atoms with Crippen molar-refractivity contribution in [2.45, 2.75) is 113 Å². The number of nitrogens with one attached hydrogen (secondary N) is 2. The van der Waals surface area contributed by atoms with Gasteiger partial charge in [-0.2, -0.15) is 0 Å². The Morgan fingerprint density at radius 2 is 1.29 bits per heavy atom. The van der Waals surface area contributed by atoms with Crippen LogP contribution in [0.5, 0.6) is 0 Å². The van der Waals surface area contributed by atoms with E-state index < -0.39 is 86.3 Å². The molecule has 0 radical (unpaired) electrons. The van der Waals surface area contributed by atoms with Crippen molar-refractivity contribution in [3.05, 3.63) is 0 Å². The molecule has 10 unspecified atom stereocenters. The highest BCUT2D eigenvalue weighted by atomic mass is 16.7.